The number of hydrogen-bond acceptors (Lipinski definition) is 1. The quantitative estimate of drug-likeness (QED) is 0.815. The highest BCUT2D eigenvalue weighted by molar-refractivity contribution is 6.30. The molecule has 3 nitrogen and oxygen atoms in total. The zero-order chi connectivity index (χ0) is 12.1. The van der Waals surface area contributed by atoms with Crippen molar-refractivity contribution in [3.63, 3.8) is 0 Å². The minimum Gasteiger partial charge on any atom is -0.354 e. The SMILES string of the molecule is CNC(=O)[C@H](C)[NH2+][C@H](C)c1ccc(Cl)cc1. The summed E-state index contributed by atoms with van der Waals surface area (Å²) in [5.41, 5.74) is 1.17. The molecule has 88 valence electrons. The van der Waals surface area contributed by atoms with Crippen LogP contribution >= 0.6 is 11.6 Å². The van der Waals surface area contributed by atoms with Crippen LogP contribution in [0.3, 0.4) is 0 Å². The van der Waals surface area contributed by atoms with E-state index in [9.17, 15) is 4.79 Å². The van der Waals surface area contributed by atoms with E-state index in [-0.39, 0.29) is 18.0 Å². The van der Waals surface area contributed by atoms with Crippen molar-refractivity contribution >= 4 is 17.5 Å². The second kappa shape index (κ2) is 5.87. The molecule has 1 rings (SSSR count). The minimum absolute atomic E-state index is 0.0424. The Balaban J connectivity index is 2.61. The Morgan fingerprint density at radius 3 is 2.38 bits per heavy atom. The third-order valence-corrected chi connectivity index (χ3v) is 2.89. The van der Waals surface area contributed by atoms with Gasteiger partial charge in [-0.25, -0.2) is 0 Å². The third-order valence-electron chi connectivity index (χ3n) is 2.63. The normalized spacial score (nSPS) is 14.2. The number of nitrogens with two attached hydrogens (primary N) is 1. The molecule has 0 aliphatic carbocycles. The van der Waals surface area contributed by atoms with Gasteiger partial charge in [-0.05, 0) is 26.0 Å². The maximum absolute atomic E-state index is 11.4. The van der Waals surface area contributed by atoms with Gasteiger partial charge in [0.2, 0.25) is 0 Å². The van der Waals surface area contributed by atoms with Gasteiger partial charge in [0, 0.05) is 17.6 Å². The van der Waals surface area contributed by atoms with Crippen LogP contribution in [0.25, 0.3) is 0 Å². The fraction of sp³-hybridized carbons (Fsp3) is 0.417. The molecule has 0 aromatic heterocycles. The van der Waals surface area contributed by atoms with E-state index in [1.807, 2.05) is 36.5 Å². The molecule has 3 N–H and O–H groups in total. The molecule has 0 heterocycles. The average Bonchev–Trinajstić information content (AvgIpc) is 2.28. The lowest BCUT2D eigenvalue weighted by Gasteiger charge is -2.15. The molecule has 1 aromatic rings. The largest absolute Gasteiger partial charge is 0.354 e. The number of nitrogens with one attached hydrogen (secondary N) is 1. The molecule has 0 saturated heterocycles. The summed E-state index contributed by atoms with van der Waals surface area (Å²) in [6.45, 7) is 3.97. The van der Waals surface area contributed by atoms with Gasteiger partial charge >= 0.3 is 0 Å². The fourth-order valence-corrected chi connectivity index (χ4v) is 1.75. The van der Waals surface area contributed by atoms with Crippen molar-refractivity contribution in [3.05, 3.63) is 34.9 Å². The number of carbonyl (C=O) groups is 1. The molecular formula is C12H18ClN2O+. The third kappa shape index (κ3) is 3.51. The predicted molar refractivity (Wildman–Crippen MR) is 65.3 cm³/mol. The Bertz CT molecular complexity index is 351. The Kier molecular flexibility index (Phi) is 4.77. The van der Waals surface area contributed by atoms with Crippen LogP contribution in [0.1, 0.15) is 25.5 Å². The van der Waals surface area contributed by atoms with Crippen molar-refractivity contribution < 1.29 is 10.1 Å². The van der Waals surface area contributed by atoms with Gasteiger partial charge in [-0.15, -0.1) is 0 Å². The van der Waals surface area contributed by atoms with Gasteiger partial charge in [0.1, 0.15) is 6.04 Å². The van der Waals surface area contributed by atoms with Crippen LogP contribution < -0.4 is 10.6 Å². The summed E-state index contributed by atoms with van der Waals surface area (Å²) >= 11 is 5.82. The highest BCUT2D eigenvalue weighted by Crippen LogP contribution is 2.13. The van der Waals surface area contributed by atoms with Gasteiger partial charge in [-0.3, -0.25) is 4.79 Å². The number of hydrogen-bond donors (Lipinski definition) is 2. The highest BCUT2D eigenvalue weighted by Gasteiger charge is 2.18. The first-order valence-electron chi connectivity index (χ1n) is 5.36. The van der Waals surface area contributed by atoms with E-state index in [2.05, 4.69) is 12.2 Å². The standard InChI is InChI=1S/C12H17ClN2O/c1-8(15-9(2)12(16)14-3)10-4-6-11(13)7-5-10/h4-9,15H,1-3H3,(H,14,16)/p+1/t8-,9+/m1/s1. The van der Waals surface area contributed by atoms with Crippen LogP contribution in [-0.4, -0.2) is 19.0 Å². The lowest BCUT2D eigenvalue weighted by Crippen LogP contribution is -2.92. The number of likely N-dealkylation sites (N-methyl/N-ethyl adjacent to an activating group) is 1. The molecule has 0 bridgehead atoms. The van der Waals surface area contributed by atoms with Gasteiger partial charge < -0.3 is 10.6 Å². The molecule has 0 aliphatic rings. The van der Waals surface area contributed by atoms with E-state index < -0.39 is 0 Å². The molecule has 0 saturated carbocycles. The van der Waals surface area contributed by atoms with Crippen molar-refractivity contribution in [1.82, 2.24) is 5.32 Å². The monoisotopic (exact) mass is 241 g/mol. The first-order valence-corrected chi connectivity index (χ1v) is 5.74. The molecule has 0 spiro atoms. The van der Waals surface area contributed by atoms with E-state index in [0.717, 1.165) is 5.02 Å². The summed E-state index contributed by atoms with van der Waals surface area (Å²) in [5, 5.41) is 5.40. The number of benzene rings is 1. The highest BCUT2D eigenvalue weighted by atomic mass is 35.5. The number of quaternary nitrogens is 1. The Labute approximate surface area is 101 Å². The fourth-order valence-electron chi connectivity index (χ4n) is 1.63. The van der Waals surface area contributed by atoms with E-state index >= 15 is 0 Å². The molecule has 2 atom stereocenters. The Hall–Kier alpha value is -1.06. The first-order chi connectivity index (χ1) is 7.54. The van der Waals surface area contributed by atoms with Crippen LogP contribution in [-0.2, 0) is 4.79 Å². The van der Waals surface area contributed by atoms with Crippen molar-refractivity contribution in [2.75, 3.05) is 7.05 Å². The number of halogens is 1. The van der Waals surface area contributed by atoms with Crippen molar-refractivity contribution in [2.24, 2.45) is 0 Å². The first kappa shape index (κ1) is 13.0. The summed E-state index contributed by atoms with van der Waals surface area (Å²) in [5.74, 6) is 0.0424. The topological polar surface area (TPSA) is 45.7 Å². The van der Waals surface area contributed by atoms with Crippen LogP contribution in [0.5, 0.6) is 0 Å². The number of rotatable bonds is 4. The van der Waals surface area contributed by atoms with Crippen LogP contribution in [0, 0.1) is 0 Å². The van der Waals surface area contributed by atoms with Crippen LogP contribution in [0.4, 0.5) is 0 Å². The Morgan fingerprint density at radius 1 is 1.31 bits per heavy atom. The molecular weight excluding hydrogens is 224 g/mol. The zero-order valence-corrected chi connectivity index (χ0v) is 10.6. The minimum atomic E-state index is -0.0873. The average molecular weight is 242 g/mol. The smallest absolute Gasteiger partial charge is 0.277 e. The molecule has 1 aromatic carbocycles. The lowest BCUT2D eigenvalue weighted by molar-refractivity contribution is -0.710. The maximum Gasteiger partial charge on any atom is 0.277 e. The van der Waals surface area contributed by atoms with Gasteiger partial charge in [-0.1, -0.05) is 23.7 Å². The molecule has 0 fully saturated rings. The van der Waals surface area contributed by atoms with Crippen LogP contribution in [0.2, 0.25) is 5.02 Å². The summed E-state index contributed by atoms with van der Waals surface area (Å²) in [6.07, 6.45) is 0. The molecule has 0 radical (unpaired) electrons. The van der Waals surface area contributed by atoms with E-state index in [4.69, 9.17) is 11.6 Å². The molecule has 0 aliphatic heterocycles. The zero-order valence-electron chi connectivity index (χ0n) is 9.83. The van der Waals surface area contributed by atoms with Gasteiger partial charge in [0.25, 0.3) is 5.91 Å². The molecule has 1 amide bonds. The van der Waals surface area contributed by atoms with Crippen LogP contribution in [0.15, 0.2) is 24.3 Å². The molecule has 0 unspecified atom stereocenters. The summed E-state index contributed by atoms with van der Waals surface area (Å²) in [4.78, 5) is 11.4. The van der Waals surface area contributed by atoms with E-state index in [0.29, 0.717) is 0 Å². The maximum atomic E-state index is 11.4. The van der Waals surface area contributed by atoms with Gasteiger partial charge in [0.15, 0.2) is 6.04 Å². The second-order valence-electron chi connectivity index (χ2n) is 3.94. The summed E-state index contributed by atoms with van der Waals surface area (Å²) in [6, 6.07) is 7.86. The second-order valence-corrected chi connectivity index (χ2v) is 4.37. The lowest BCUT2D eigenvalue weighted by atomic mass is 10.1. The van der Waals surface area contributed by atoms with E-state index in [1.54, 1.807) is 7.05 Å². The molecule has 16 heavy (non-hydrogen) atoms. The van der Waals surface area contributed by atoms with Crippen molar-refractivity contribution in [1.29, 1.82) is 0 Å². The number of amides is 1. The number of carbonyl (C=O) groups excluding carboxylic acids is 1. The predicted octanol–water partition coefficient (Wildman–Crippen LogP) is 1.10. The van der Waals surface area contributed by atoms with Crippen molar-refractivity contribution in [2.45, 2.75) is 25.9 Å². The molecule has 4 heteroatoms. The Morgan fingerprint density at radius 2 is 1.88 bits per heavy atom. The van der Waals surface area contributed by atoms with Gasteiger partial charge in [0.05, 0.1) is 0 Å². The summed E-state index contributed by atoms with van der Waals surface area (Å²) < 4.78 is 0. The van der Waals surface area contributed by atoms with E-state index in [1.165, 1.54) is 5.56 Å². The van der Waals surface area contributed by atoms with Crippen molar-refractivity contribution in [3.8, 4) is 0 Å². The summed E-state index contributed by atoms with van der Waals surface area (Å²) in [7, 11) is 1.65. The van der Waals surface area contributed by atoms with Gasteiger partial charge in [-0.2, -0.15) is 0 Å².